The van der Waals surface area contributed by atoms with Crippen molar-refractivity contribution in [3.05, 3.63) is 17.5 Å². The van der Waals surface area contributed by atoms with Crippen LogP contribution in [0.4, 0.5) is 0 Å². The first-order valence-corrected chi connectivity index (χ1v) is 7.10. The van der Waals surface area contributed by atoms with Crippen LogP contribution in [0.3, 0.4) is 0 Å². The van der Waals surface area contributed by atoms with Gasteiger partial charge < -0.3 is 10.2 Å². The van der Waals surface area contributed by atoms with E-state index in [1.807, 2.05) is 25.1 Å². The van der Waals surface area contributed by atoms with Gasteiger partial charge in [0, 0.05) is 32.9 Å². The van der Waals surface area contributed by atoms with Gasteiger partial charge in [-0.1, -0.05) is 0 Å². The molecule has 2 aliphatic rings. The van der Waals surface area contributed by atoms with Crippen LogP contribution < -0.4 is 5.32 Å². The van der Waals surface area contributed by atoms with Crippen molar-refractivity contribution >= 4 is 18.3 Å². The zero-order valence-corrected chi connectivity index (χ0v) is 13.0. The molecule has 5 nitrogen and oxygen atoms in total. The standard InChI is InChI=1S/C14H22N4O.ClH/c1-11-12(9-17(2)16-11)13(19)18-7-4-14(5-8-18)3-6-15-10-14;/h9,15H,3-8,10H2,1-2H3;1H. The fourth-order valence-electron chi connectivity index (χ4n) is 3.39. The highest BCUT2D eigenvalue weighted by atomic mass is 35.5. The normalized spacial score (nSPS) is 21.0. The van der Waals surface area contributed by atoms with Gasteiger partial charge in [0.25, 0.3) is 5.91 Å². The highest BCUT2D eigenvalue weighted by molar-refractivity contribution is 5.95. The number of aromatic nitrogens is 2. The van der Waals surface area contributed by atoms with Crippen molar-refractivity contribution in [1.29, 1.82) is 0 Å². The maximum Gasteiger partial charge on any atom is 0.257 e. The van der Waals surface area contributed by atoms with Crippen LogP contribution in [0, 0.1) is 12.3 Å². The fourth-order valence-corrected chi connectivity index (χ4v) is 3.39. The molecular formula is C14H23ClN4O. The number of hydrogen-bond acceptors (Lipinski definition) is 3. The molecule has 112 valence electrons. The number of nitrogens with zero attached hydrogens (tertiary/aromatic N) is 3. The van der Waals surface area contributed by atoms with E-state index < -0.39 is 0 Å². The van der Waals surface area contributed by atoms with Crippen LogP contribution >= 0.6 is 12.4 Å². The molecule has 0 bridgehead atoms. The third-order valence-electron chi connectivity index (χ3n) is 4.69. The number of halogens is 1. The monoisotopic (exact) mass is 298 g/mol. The third-order valence-corrected chi connectivity index (χ3v) is 4.69. The summed E-state index contributed by atoms with van der Waals surface area (Å²) in [4.78, 5) is 14.5. The number of piperidine rings is 1. The SMILES string of the molecule is Cc1nn(C)cc1C(=O)N1CCC2(CCNC2)CC1.Cl. The summed E-state index contributed by atoms with van der Waals surface area (Å²) >= 11 is 0. The number of aryl methyl sites for hydroxylation is 2. The van der Waals surface area contributed by atoms with Crippen LogP contribution in [0.2, 0.25) is 0 Å². The number of carbonyl (C=O) groups excluding carboxylic acids is 1. The maximum absolute atomic E-state index is 12.5. The van der Waals surface area contributed by atoms with Crippen LogP contribution in [0.25, 0.3) is 0 Å². The third kappa shape index (κ3) is 2.69. The lowest BCUT2D eigenvalue weighted by atomic mass is 9.78. The second-order valence-electron chi connectivity index (χ2n) is 6.02. The summed E-state index contributed by atoms with van der Waals surface area (Å²) in [5.41, 5.74) is 2.04. The highest BCUT2D eigenvalue weighted by Gasteiger charge is 2.38. The van der Waals surface area contributed by atoms with E-state index in [9.17, 15) is 4.79 Å². The van der Waals surface area contributed by atoms with E-state index in [2.05, 4.69) is 10.4 Å². The Hall–Kier alpha value is -1.07. The summed E-state index contributed by atoms with van der Waals surface area (Å²) in [6.07, 6.45) is 5.36. The van der Waals surface area contributed by atoms with Gasteiger partial charge in [-0.25, -0.2) is 0 Å². The van der Waals surface area contributed by atoms with Gasteiger partial charge in [-0.15, -0.1) is 12.4 Å². The average Bonchev–Trinajstić information content (AvgIpc) is 2.97. The molecule has 3 rings (SSSR count). The zero-order chi connectivity index (χ0) is 13.5. The maximum atomic E-state index is 12.5. The Bertz CT molecular complexity index is 483. The smallest absolute Gasteiger partial charge is 0.257 e. The van der Waals surface area contributed by atoms with Crippen molar-refractivity contribution in [2.75, 3.05) is 26.2 Å². The van der Waals surface area contributed by atoms with Crippen LogP contribution in [-0.2, 0) is 7.05 Å². The van der Waals surface area contributed by atoms with E-state index in [4.69, 9.17) is 0 Å². The van der Waals surface area contributed by atoms with E-state index in [-0.39, 0.29) is 18.3 Å². The molecule has 0 aliphatic carbocycles. The lowest BCUT2D eigenvalue weighted by Gasteiger charge is -2.38. The second-order valence-corrected chi connectivity index (χ2v) is 6.02. The summed E-state index contributed by atoms with van der Waals surface area (Å²) in [5.74, 6) is 0.145. The first-order chi connectivity index (χ1) is 9.10. The highest BCUT2D eigenvalue weighted by Crippen LogP contribution is 2.37. The van der Waals surface area contributed by atoms with Crippen LogP contribution in [-0.4, -0.2) is 46.8 Å². The first kappa shape index (κ1) is 15.3. The van der Waals surface area contributed by atoms with Crippen molar-refractivity contribution in [3.8, 4) is 0 Å². The Kier molecular flexibility index (Phi) is 4.39. The summed E-state index contributed by atoms with van der Waals surface area (Å²) < 4.78 is 1.72. The molecule has 1 spiro atoms. The van der Waals surface area contributed by atoms with Gasteiger partial charge in [0.2, 0.25) is 0 Å². The Labute approximate surface area is 126 Å². The van der Waals surface area contributed by atoms with E-state index in [1.165, 1.54) is 6.42 Å². The molecule has 2 saturated heterocycles. The number of likely N-dealkylation sites (tertiary alicyclic amines) is 1. The molecule has 6 heteroatoms. The minimum absolute atomic E-state index is 0. The Morgan fingerprint density at radius 2 is 2.05 bits per heavy atom. The van der Waals surface area contributed by atoms with Crippen LogP contribution in [0.15, 0.2) is 6.20 Å². The van der Waals surface area contributed by atoms with Gasteiger partial charge in [0.15, 0.2) is 0 Å². The summed E-state index contributed by atoms with van der Waals surface area (Å²) in [6, 6.07) is 0. The van der Waals surface area contributed by atoms with Gasteiger partial charge in [-0.05, 0) is 38.1 Å². The molecule has 1 aromatic heterocycles. The number of nitrogens with one attached hydrogen (secondary N) is 1. The second kappa shape index (κ2) is 5.74. The number of amides is 1. The molecule has 1 aromatic rings. The van der Waals surface area contributed by atoms with E-state index in [0.29, 0.717) is 5.41 Å². The Balaban J connectivity index is 0.00000147. The molecule has 3 heterocycles. The number of rotatable bonds is 1. The van der Waals surface area contributed by atoms with Crippen molar-refractivity contribution in [1.82, 2.24) is 20.0 Å². The molecule has 2 fully saturated rings. The minimum atomic E-state index is 0. The van der Waals surface area contributed by atoms with Gasteiger partial charge in [0.1, 0.15) is 0 Å². The van der Waals surface area contributed by atoms with Crippen LogP contribution in [0.5, 0.6) is 0 Å². The average molecular weight is 299 g/mol. The molecule has 0 unspecified atom stereocenters. The van der Waals surface area contributed by atoms with Gasteiger partial charge in [-0.2, -0.15) is 5.10 Å². The summed E-state index contributed by atoms with van der Waals surface area (Å²) in [6.45, 7) is 5.93. The van der Waals surface area contributed by atoms with Crippen molar-refractivity contribution in [2.24, 2.45) is 12.5 Å². The van der Waals surface area contributed by atoms with Gasteiger partial charge in [-0.3, -0.25) is 9.48 Å². The van der Waals surface area contributed by atoms with E-state index in [0.717, 1.165) is 50.3 Å². The molecule has 1 amide bonds. The fraction of sp³-hybridized carbons (Fsp3) is 0.714. The number of carbonyl (C=O) groups is 1. The first-order valence-electron chi connectivity index (χ1n) is 7.10. The van der Waals surface area contributed by atoms with E-state index >= 15 is 0 Å². The molecule has 0 radical (unpaired) electrons. The molecule has 1 N–H and O–H groups in total. The minimum Gasteiger partial charge on any atom is -0.339 e. The Morgan fingerprint density at radius 1 is 1.35 bits per heavy atom. The summed E-state index contributed by atoms with van der Waals surface area (Å²) in [7, 11) is 1.86. The van der Waals surface area contributed by atoms with E-state index in [1.54, 1.807) is 4.68 Å². The molecular weight excluding hydrogens is 276 g/mol. The predicted octanol–water partition coefficient (Wildman–Crippen LogP) is 1.37. The summed E-state index contributed by atoms with van der Waals surface area (Å²) in [5, 5.41) is 7.71. The van der Waals surface area contributed by atoms with Gasteiger partial charge in [0.05, 0.1) is 11.3 Å². The quantitative estimate of drug-likeness (QED) is 0.852. The van der Waals surface area contributed by atoms with Gasteiger partial charge >= 0.3 is 0 Å². The topological polar surface area (TPSA) is 50.2 Å². The molecule has 2 aliphatic heterocycles. The predicted molar refractivity (Wildman–Crippen MR) is 80.3 cm³/mol. The largest absolute Gasteiger partial charge is 0.339 e. The van der Waals surface area contributed by atoms with Crippen molar-refractivity contribution in [2.45, 2.75) is 26.2 Å². The van der Waals surface area contributed by atoms with Crippen LogP contribution in [0.1, 0.15) is 35.3 Å². The lowest BCUT2D eigenvalue weighted by molar-refractivity contribution is 0.0607. The van der Waals surface area contributed by atoms with Crippen molar-refractivity contribution < 1.29 is 4.79 Å². The zero-order valence-electron chi connectivity index (χ0n) is 12.2. The number of hydrogen-bond donors (Lipinski definition) is 1. The van der Waals surface area contributed by atoms with Crippen molar-refractivity contribution in [3.63, 3.8) is 0 Å². The molecule has 0 saturated carbocycles. The molecule has 0 aromatic carbocycles. The molecule has 20 heavy (non-hydrogen) atoms. The lowest BCUT2D eigenvalue weighted by Crippen LogP contribution is -2.44. The Morgan fingerprint density at radius 3 is 2.55 bits per heavy atom. The molecule has 0 atom stereocenters.